The van der Waals surface area contributed by atoms with Crippen molar-refractivity contribution in [3.63, 3.8) is 0 Å². The highest BCUT2D eigenvalue weighted by Crippen LogP contribution is 2.18. The number of piperazine rings is 1. The molecule has 0 aromatic heterocycles. The lowest BCUT2D eigenvalue weighted by Crippen LogP contribution is -3.03. The first kappa shape index (κ1) is 13.8. The Labute approximate surface area is 119 Å². The minimum atomic E-state index is -0.246. The summed E-state index contributed by atoms with van der Waals surface area (Å²) in [6, 6.07) is 0.527. The van der Waals surface area contributed by atoms with Gasteiger partial charge in [0.2, 0.25) is 5.91 Å². The zero-order chi connectivity index (χ0) is 13.9. The first-order valence-electron chi connectivity index (χ1n) is 7.75. The van der Waals surface area contributed by atoms with Gasteiger partial charge in [-0.1, -0.05) is 6.42 Å². The number of amides is 2. The first-order chi connectivity index (χ1) is 9.74. The van der Waals surface area contributed by atoms with Crippen molar-refractivity contribution in [2.45, 2.75) is 50.2 Å². The van der Waals surface area contributed by atoms with E-state index in [1.54, 1.807) is 0 Å². The number of nitrogens with one attached hydrogen (secondary N) is 1. The highest BCUT2D eigenvalue weighted by molar-refractivity contribution is 5.87. The van der Waals surface area contributed by atoms with Crippen LogP contribution in [0.15, 0.2) is 0 Å². The van der Waals surface area contributed by atoms with E-state index in [1.165, 1.54) is 12.8 Å². The fraction of sp³-hybridized carbons (Fsp3) is 0.857. The molecule has 3 N–H and O–H groups in total. The monoisotopic (exact) mass is 282 g/mol. The maximum atomic E-state index is 12.2. The van der Waals surface area contributed by atoms with Crippen LogP contribution in [0, 0.1) is 0 Å². The second-order valence-electron chi connectivity index (χ2n) is 6.06. The first-order valence-corrected chi connectivity index (χ1v) is 7.75. The summed E-state index contributed by atoms with van der Waals surface area (Å²) in [7, 11) is 0. The van der Waals surface area contributed by atoms with E-state index >= 15 is 0 Å². The average molecular weight is 282 g/mol. The molecule has 6 heteroatoms. The van der Waals surface area contributed by atoms with E-state index < -0.39 is 0 Å². The van der Waals surface area contributed by atoms with Crippen molar-refractivity contribution in [3.8, 4) is 0 Å². The topological polar surface area (TPSA) is 75.2 Å². The number of nitrogens with zero attached hydrogens (tertiary/aromatic N) is 1. The van der Waals surface area contributed by atoms with Gasteiger partial charge in [0, 0.05) is 19.5 Å². The zero-order valence-corrected chi connectivity index (χ0v) is 11.8. The molecule has 2 saturated heterocycles. The molecule has 3 rings (SSSR count). The molecule has 3 atom stereocenters. The standard InChI is InChI=1S/C14H23N3O3/c18-13(17-5-7-20-8-6-17)9-12-14(19)16-11-4-2-1-3-10(11)15-12/h10-12,15H,1-9H2,(H,16,19)/p+1/t10-,11+,12+/m0/s1. The number of carbonyl (C=O) groups excluding carboxylic acids is 2. The Morgan fingerprint density at radius 2 is 2.05 bits per heavy atom. The van der Waals surface area contributed by atoms with Crippen LogP contribution >= 0.6 is 0 Å². The van der Waals surface area contributed by atoms with Gasteiger partial charge in [-0.3, -0.25) is 9.59 Å². The summed E-state index contributed by atoms with van der Waals surface area (Å²) in [5, 5.41) is 5.25. The zero-order valence-electron chi connectivity index (χ0n) is 11.8. The highest BCUT2D eigenvalue weighted by atomic mass is 16.5. The van der Waals surface area contributed by atoms with Crippen LogP contribution in [-0.2, 0) is 14.3 Å². The van der Waals surface area contributed by atoms with Crippen LogP contribution in [0.5, 0.6) is 0 Å². The Balaban J connectivity index is 1.56. The molecule has 2 amide bonds. The van der Waals surface area contributed by atoms with Gasteiger partial charge in [0.15, 0.2) is 6.04 Å². The average Bonchev–Trinajstić information content (AvgIpc) is 2.49. The van der Waals surface area contributed by atoms with E-state index in [1.807, 2.05) is 4.90 Å². The number of quaternary nitrogens is 1. The van der Waals surface area contributed by atoms with E-state index in [2.05, 4.69) is 10.6 Å². The predicted octanol–water partition coefficient (Wildman–Crippen LogP) is -1.39. The Morgan fingerprint density at radius 1 is 1.30 bits per heavy atom. The van der Waals surface area contributed by atoms with E-state index in [0.29, 0.717) is 44.8 Å². The normalized spacial score (nSPS) is 34.3. The Bertz CT molecular complexity index is 382. The molecular weight excluding hydrogens is 258 g/mol. The van der Waals surface area contributed by atoms with Gasteiger partial charge in [-0.2, -0.15) is 0 Å². The third-order valence-corrected chi connectivity index (χ3v) is 4.72. The van der Waals surface area contributed by atoms with Gasteiger partial charge < -0.3 is 20.3 Å². The van der Waals surface area contributed by atoms with Gasteiger partial charge in [-0.15, -0.1) is 0 Å². The number of hydrogen-bond donors (Lipinski definition) is 2. The van der Waals surface area contributed by atoms with Crippen LogP contribution in [0.3, 0.4) is 0 Å². The number of fused-ring (bicyclic) bond motifs is 1. The molecule has 6 nitrogen and oxygen atoms in total. The molecule has 0 radical (unpaired) electrons. The summed E-state index contributed by atoms with van der Waals surface area (Å²) in [6.07, 6.45) is 4.98. The third-order valence-electron chi connectivity index (χ3n) is 4.72. The van der Waals surface area contributed by atoms with Gasteiger partial charge >= 0.3 is 0 Å². The van der Waals surface area contributed by atoms with Crippen LogP contribution < -0.4 is 10.6 Å². The Morgan fingerprint density at radius 3 is 2.85 bits per heavy atom. The van der Waals surface area contributed by atoms with E-state index in [4.69, 9.17) is 4.74 Å². The van der Waals surface area contributed by atoms with Crippen molar-refractivity contribution in [1.29, 1.82) is 0 Å². The van der Waals surface area contributed by atoms with Gasteiger partial charge in [-0.25, -0.2) is 0 Å². The molecular formula is C14H24N3O3+. The summed E-state index contributed by atoms with van der Waals surface area (Å²) in [6.45, 7) is 2.52. The smallest absolute Gasteiger partial charge is 0.279 e. The van der Waals surface area contributed by atoms with Crippen LogP contribution in [0.2, 0.25) is 0 Å². The van der Waals surface area contributed by atoms with Crippen molar-refractivity contribution in [2.75, 3.05) is 26.3 Å². The molecule has 20 heavy (non-hydrogen) atoms. The van der Waals surface area contributed by atoms with Gasteiger partial charge in [-0.05, 0) is 12.8 Å². The van der Waals surface area contributed by atoms with Crippen LogP contribution in [-0.4, -0.2) is 61.1 Å². The number of hydrogen-bond acceptors (Lipinski definition) is 3. The van der Waals surface area contributed by atoms with E-state index in [9.17, 15) is 9.59 Å². The fourth-order valence-electron chi connectivity index (χ4n) is 3.54. The third kappa shape index (κ3) is 2.96. The predicted molar refractivity (Wildman–Crippen MR) is 71.9 cm³/mol. The molecule has 0 aromatic carbocycles. The van der Waals surface area contributed by atoms with Crippen molar-refractivity contribution in [3.05, 3.63) is 0 Å². The lowest BCUT2D eigenvalue weighted by Gasteiger charge is -2.37. The largest absolute Gasteiger partial charge is 0.378 e. The maximum absolute atomic E-state index is 12.2. The summed E-state index contributed by atoms with van der Waals surface area (Å²) < 4.78 is 5.25. The second kappa shape index (κ2) is 6.10. The summed E-state index contributed by atoms with van der Waals surface area (Å²) in [5.41, 5.74) is 0. The van der Waals surface area contributed by atoms with Crippen LogP contribution in [0.1, 0.15) is 32.1 Å². The quantitative estimate of drug-likeness (QED) is 0.655. The molecule has 2 heterocycles. The van der Waals surface area contributed by atoms with E-state index in [-0.39, 0.29) is 17.9 Å². The lowest BCUT2D eigenvalue weighted by molar-refractivity contribution is -0.718. The second-order valence-corrected chi connectivity index (χ2v) is 6.06. The molecule has 2 aliphatic heterocycles. The van der Waals surface area contributed by atoms with Crippen LogP contribution in [0.4, 0.5) is 0 Å². The van der Waals surface area contributed by atoms with Gasteiger partial charge in [0.05, 0.1) is 25.7 Å². The minimum absolute atomic E-state index is 0.0368. The summed E-state index contributed by atoms with van der Waals surface area (Å²) in [5.74, 6) is 0.119. The van der Waals surface area contributed by atoms with Crippen molar-refractivity contribution in [2.24, 2.45) is 0 Å². The molecule has 1 saturated carbocycles. The molecule has 0 unspecified atom stereocenters. The maximum Gasteiger partial charge on any atom is 0.279 e. The number of rotatable bonds is 2. The molecule has 1 aliphatic carbocycles. The van der Waals surface area contributed by atoms with Crippen molar-refractivity contribution >= 4 is 11.8 Å². The number of nitrogens with two attached hydrogens (primary N) is 1. The molecule has 0 aromatic rings. The molecule has 112 valence electrons. The van der Waals surface area contributed by atoms with Gasteiger partial charge in [0.25, 0.3) is 5.91 Å². The SMILES string of the molecule is O=C1N[C@@H]2CCCC[C@@H]2[NH2+][C@@H]1CC(=O)N1CCOCC1. The lowest BCUT2D eigenvalue weighted by atomic mass is 9.87. The summed E-state index contributed by atoms with van der Waals surface area (Å²) >= 11 is 0. The van der Waals surface area contributed by atoms with E-state index in [0.717, 1.165) is 12.8 Å². The minimum Gasteiger partial charge on any atom is -0.378 e. The number of ether oxygens (including phenoxy) is 1. The molecule has 3 fully saturated rings. The Kier molecular flexibility index (Phi) is 4.21. The molecule has 0 bridgehead atoms. The summed E-state index contributed by atoms with van der Waals surface area (Å²) in [4.78, 5) is 26.2. The fourth-order valence-corrected chi connectivity index (χ4v) is 3.54. The van der Waals surface area contributed by atoms with Crippen molar-refractivity contribution < 1.29 is 19.6 Å². The Hall–Kier alpha value is -1.14. The highest BCUT2D eigenvalue weighted by Gasteiger charge is 2.41. The number of carbonyl (C=O) groups is 2. The molecule has 3 aliphatic rings. The van der Waals surface area contributed by atoms with Gasteiger partial charge in [0.1, 0.15) is 6.04 Å². The van der Waals surface area contributed by atoms with Crippen molar-refractivity contribution in [1.82, 2.24) is 10.2 Å². The number of morpholine rings is 1. The van der Waals surface area contributed by atoms with Crippen LogP contribution in [0.25, 0.3) is 0 Å². The molecule has 0 spiro atoms.